The zero-order valence-electron chi connectivity index (χ0n) is 20.6. The summed E-state index contributed by atoms with van der Waals surface area (Å²) in [6.45, 7) is 0.0291. The van der Waals surface area contributed by atoms with Crippen LogP contribution in [0.5, 0.6) is 0 Å². The second-order valence-corrected chi connectivity index (χ2v) is 10.4. The molecule has 4 nitrogen and oxygen atoms in total. The first kappa shape index (κ1) is 27.2. The topological polar surface area (TPSA) is 49.4 Å². The zero-order valence-corrected chi connectivity index (χ0v) is 22.1. The molecular formula is C30H31Cl2FN2O2. The standard InChI is InChI=1S/C30H31Cl2FN2O2/c31-25-15-9-16-26(32)24(25)20-35(29(36)19-22-12-7-8-17-27(22)33)28(18-21-10-3-1-4-11-21)30(37)34-23-13-5-2-6-14-23/h1,3-4,7-12,15-17,23,28H,2,5-6,13-14,18-20H2,(H,34,37)/t28-/m1/s1. The first-order chi connectivity index (χ1) is 17.9. The van der Waals surface area contributed by atoms with Gasteiger partial charge in [0.15, 0.2) is 0 Å². The number of halogens is 3. The largest absolute Gasteiger partial charge is 0.352 e. The molecule has 0 aliphatic heterocycles. The van der Waals surface area contributed by atoms with Gasteiger partial charge < -0.3 is 10.2 Å². The number of rotatable bonds is 9. The van der Waals surface area contributed by atoms with Gasteiger partial charge in [-0.15, -0.1) is 0 Å². The molecule has 0 saturated heterocycles. The fraction of sp³-hybridized carbons (Fsp3) is 0.333. The summed E-state index contributed by atoms with van der Waals surface area (Å²) < 4.78 is 14.5. The van der Waals surface area contributed by atoms with Gasteiger partial charge in [0, 0.05) is 34.6 Å². The van der Waals surface area contributed by atoms with Crippen LogP contribution in [0.25, 0.3) is 0 Å². The molecule has 194 valence electrons. The third-order valence-corrected chi connectivity index (χ3v) is 7.62. The van der Waals surface area contributed by atoms with E-state index in [9.17, 15) is 14.0 Å². The van der Waals surface area contributed by atoms with Crippen LogP contribution in [0, 0.1) is 5.82 Å². The lowest BCUT2D eigenvalue weighted by molar-refractivity contribution is -0.141. The maximum atomic E-state index is 14.5. The first-order valence-corrected chi connectivity index (χ1v) is 13.5. The molecule has 0 bridgehead atoms. The molecular weight excluding hydrogens is 510 g/mol. The molecule has 4 rings (SSSR count). The second-order valence-electron chi connectivity index (χ2n) is 9.54. The lowest BCUT2D eigenvalue weighted by Crippen LogP contribution is -2.53. The van der Waals surface area contributed by atoms with Crippen molar-refractivity contribution >= 4 is 35.0 Å². The summed E-state index contributed by atoms with van der Waals surface area (Å²) in [5.41, 5.74) is 1.74. The van der Waals surface area contributed by atoms with Crippen molar-refractivity contribution in [3.05, 3.63) is 105 Å². The Morgan fingerprint density at radius 2 is 1.54 bits per heavy atom. The molecule has 0 radical (unpaired) electrons. The number of carbonyl (C=O) groups is 2. The van der Waals surface area contributed by atoms with Gasteiger partial charge in [-0.2, -0.15) is 0 Å². The SMILES string of the molecule is O=C(NC1CCCCC1)[C@@H](Cc1ccccc1)N(Cc1c(Cl)cccc1Cl)C(=O)Cc1ccccc1F. The van der Waals surface area contributed by atoms with Crippen LogP contribution < -0.4 is 5.32 Å². The van der Waals surface area contributed by atoms with Crippen molar-refractivity contribution in [1.82, 2.24) is 10.2 Å². The van der Waals surface area contributed by atoms with E-state index < -0.39 is 11.9 Å². The lowest BCUT2D eigenvalue weighted by Gasteiger charge is -2.34. The summed E-state index contributed by atoms with van der Waals surface area (Å²) in [7, 11) is 0. The van der Waals surface area contributed by atoms with Crippen LogP contribution in [0.1, 0.15) is 48.8 Å². The van der Waals surface area contributed by atoms with Crippen molar-refractivity contribution in [1.29, 1.82) is 0 Å². The number of hydrogen-bond acceptors (Lipinski definition) is 2. The summed E-state index contributed by atoms with van der Waals surface area (Å²) in [5, 5.41) is 4.00. The fourth-order valence-corrected chi connectivity index (χ4v) is 5.38. The molecule has 3 aromatic carbocycles. The van der Waals surface area contributed by atoms with Gasteiger partial charge in [-0.3, -0.25) is 9.59 Å². The van der Waals surface area contributed by atoms with E-state index in [1.165, 1.54) is 11.0 Å². The summed E-state index contributed by atoms with van der Waals surface area (Å²) in [6, 6.07) is 20.2. The number of nitrogens with zero attached hydrogens (tertiary/aromatic N) is 1. The summed E-state index contributed by atoms with van der Waals surface area (Å²) in [4.78, 5) is 29.1. The highest BCUT2D eigenvalue weighted by atomic mass is 35.5. The molecule has 7 heteroatoms. The molecule has 1 fully saturated rings. The average molecular weight is 541 g/mol. The van der Waals surface area contributed by atoms with Gasteiger partial charge in [0.2, 0.25) is 11.8 Å². The maximum Gasteiger partial charge on any atom is 0.243 e. The number of nitrogens with one attached hydrogen (secondary N) is 1. The third kappa shape index (κ3) is 7.33. The van der Waals surface area contributed by atoms with E-state index in [1.807, 2.05) is 30.3 Å². The molecule has 3 aromatic rings. The van der Waals surface area contributed by atoms with Gasteiger partial charge >= 0.3 is 0 Å². The van der Waals surface area contributed by atoms with Gasteiger partial charge in [0.05, 0.1) is 6.42 Å². The quantitative estimate of drug-likeness (QED) is 0.325. The molecule has 1 aliphatic carbocycles. The van der Waals surface area contributed by atoms with Crippen molar-refractivity contribution in [2.75, 3.05) is 0 Å². The van der Waals surface area contributed by atoms with E-state index in [1.54, 1.807) is 36.4 Å². The smallest absolute Gasteiger partial charge is 0.243 e. The molecule has 0 heterocycles. The third-order valence-electron chi connectivity index (χ3n) is 6.91. The molecule has 1 N–H and O–H groups in total. The highest BCUT2D eigenvalue weighted by Crippen LogP contribution is 2.28. The molecule has 0 aromatic heterocycles. The Hall–Kier alpha value is -2.89. The van der Waals surface area contributed by atoms with Gasteiger partial charge in [-0.25, -0.2) is 4.39 Å². The Bertz CT molecular complexity index is 1190. The summed E-state index contributed by atoms with van der Waals surface area (Å²) in [6.07, 6.45) is 5.27. The van der Waals surface area contributed by atoms with E-state index in [0.717, 1.165) is 37.7 Å². The number of benzene rings is 3. The number of hydrogen-bond donors (Lipinski definition) is 1. The van der Waals surface area contributed by atoms with Crippen molar-refractivity contribution in [2.45, 2.75) is 63.6 Å². The van der Waals surface area contributed by atoms with E-state index >= 15 is 0 Å². The second kappa shape index (κ2) is 13.1. The molecule has 1 atom stereocenters. The monoisotopic (exact) mass is 540 g/mol. The Labute approximate surface area is 227 Å². The van der Waals surface area contributed by atoms with Crippen molar-refractivity contribution in [3.8, 4) is 0 Å². The average Bonchev–Trinajstić information content (AvgIpc) is 2.90. The zero-order chi connectivity index (χ0) is 26.2. The minimum Gasteiger partial charge on any atom is -0.352 e. The molecule has 37 heavy (non-hydrogen) atoms. The Morgan fingerprint density at radius 1 is 0.892 bits per heavy atom. The number of carbonyl (C=O) groups excluding carboxylic acids is 2. The predicted molar refractivity (Wildman–Crippen MR) is 146 cm³/mol. The predicted octanol–water partition coefficient (Wildman–Crippen LogP) is 6.76. The van der Waals surface area contributed by atoms with E-state index in [-0.39, 0.29) is 36.4 Å². The Balaban J connectivity index is 1.70. The van der Waals surface area contributed by atoms with E-state index in [4.69, 9.17) is 23.2 Å². The highest BCUT2D eigenvalue weighted by molar-refractivity contribution is 6.36. The number of amides is 2. The highest BCUT2D eigenvalue weighted by Gasteiger charge is 2.33. The lowest BCUT2D eigenvalue weighted by atomic mass is 9.94. The van der Waals surface area contributed by atoms with Crippen LogP contribution in [0.15, 0.2) is 72.8 Å². The normalized spacial score (nSPS) is 14.7. The van der Waals surface area contributed by atoms with E-state index in [0.29, 0.717) is 22.0 Å². The minimum atomic E-state index is -0.823. The van der Waals surface area contributed by atoms with E-state index in [2.05, 4.69) is 5.32 Å². The fourth-order valence-electron chi connectivity index (χ4n) is 4.86. The van der Waals surface area contributed by atoms with Crippen LogP contribution in [0.2, 0.25) is 10.0 Å². The van der Waals surface area contributed by atoms with Gasteiger partial charge in [0.1, 0.15) is 11.9 Å². The van der Waals surface area contributed by atoms with Gasteiger partial charge in [-0.1, -0.05) is 97.1 Å². The van der Waals surface area contributed by atoms with Crippen LogP contribution in [-0.4, -0.2) is 28.8 Å². The summed E-state index contributed by atoms with van der Waals surface area (Å²) >= 11 is 13.0. The Morgan fingerprint density at radius 3 is 2.22 bits per heavy atom. The minimum absolute atomic E-state index is 0.0291. The van der Waals surface area contributed by atoms with Crippen molar-refractivity contribution < 1.29 is 14.0 Å². The first-order valence-electron chi connectivity index (χ1n) is 12.7. The van der Waals surface area contributed by atoms with Crippen LogP contribution >= 0.6 is 23.2 Å². The molecule has 2 amide bonds. The van der Waals surface area contributed by atoms with Crippen LogP contribution in [0.3, 0.4) is 0 Å². The van der Waals surface area contributed by atoms with Crippen molar-refractivity contribution in [2.24, 2.45) is 0 Å². The maximum absolute atomic E-state index is 14.5. The Kier molecular flexibility index (Phi) is 9.59. The van der Waals surface area contributed by atoms with Crippen LogP contribution in [-0.2, 0) is 29.0 Å². The van der Waals surface area contributed by atoms with Gasteiger partial charge in [-0.05, 0) is 42.2 Å². The van der Waals surface area contributed by atoms with Crippen molar-refractivity contribution in [3.63, 3.8) is 0 Å². The molecule has 1 aliphatic rings. The van der Waals surface area contributed by atoms with Gasteiger partial charge in [0.25, 0.3) is 0 Å². The molecule has 0 spiro atoms. The molecule has 0 unspecified atom stereocenters. The van der Waals surface area contributed by atoms with Crippen LogP contribution in [0.4, 0.5) is 4.39 Å². The summed E-state index contributed by atoms with van der Waals surface area (Å²) in [5.74, 6) is -1.06. The molecule has 1 saturated carbocycles.